The van der Waals surface area contributed by atoms with E-state index in [1.807, 2.05) is 20.8 Å². The Kier molecular flexibility index (Phi) is 4.73. The molecule has 0 bridgehead atoms. The molecular weight excluding hydrogens is 368 g/mol. The molecule has 0 saturated carbocycles. The second-order valence-corrected chi connectivity index (χ2v) is 8.60. The van der Waals surface area contributed by atoms with Crippen molar-refractivity contribution in [2.45, 2.75) is 26.9 Å². The Hall–Kier alpha value is -2.81. The van der Waals surface area contributed by atoms with Gasteiger partial charge in [-0.1, -0.05) is 0 Å². The number of rotatable bonds is 4. The van der Waals surface area contributed by atoms with E-state index in [9.17, 15) is 13.2 Å². The quantitative estimate of drug-likeness (QED) is 0.866. The number of aryl methyl sites for hydroxylation is 1. The first-order chi connectivity index (χ1) is 12.6. The van der Waals surface area contributed by atoms with E-state index >= 15 is 0 Å². The highest BCUT2D eigenvalue weighted by atomic mass is 32.2. The fourth-order valence-electron chi connectivity index (χ4n) is 2.77. The Bertz CT molecular complexity index is 987. The van der Waals surface area contributed by atoms with Gasteiger partial charge in [-0.05, 0) is 44.5 Å². The second-order valence-electron chi connectivity index (χ2n) is 6.60. The summed E-state index contributed by atoms with van der Waals surface area (Å²) in [6.45, 7) is 5.60. The van der Waals surface area contributed by atoms with Crippen LogP contribution in [0.1, 0.15) is 29.8 Å². The minimum atomic E-state index is -3.56. The Labute approximate surface area is 158 Å². The summed E-state index contributed by atoms with van der Waals surface area (Å²) in [5.41, 5.74) is 2.76. The van der Waals surface area contributed by atoms with Crippen molar-refractivity contribution in [3.05, 3.63) is 41.6 Å². The molecule has 2 aromatic rings. The van der Waals surface area contributed by atoms with Crippen LogP contribution in [0.4, 0.5) is 17.1 Å². The molecule has 1 aliphatic heterocycles. The number of aromatic nitrogens is 1. The molecule has 144 valence electrons. The fourth-order valence-corrected chi connectivity index (χ4v) is 3.93. The van der Waals surface area contributed by atoms with E-state index in [4.69, 9.17) is 4.74 Å². The summed E-state index contributed by atoms with van der Waals surface area (Å²) in [5.74, 6) is 0.114. The zero-order valence-electron chi connectivity index (χ0n) is 15.8. The van der Waals surface area contributed by atoms with Gasteiger partial charge in [0.15, 0.2) is 0 Å². The van der Waals surface area contributed by atoms with Crippen LogP contribution in [-0.4, -0.2) is 39.5 Å². The molecule has 3 rings (SSSR count). The number of ether oxygens (including phenoxy) is 1. The van der Waals surface area contributed by atoms with Crippen molar-refractivity contribution >= 4 is 33.2 Å². The van der Waals surface area contributed by atoms with Gasteiger partial charge in [0, 0.05) is 32.0 Å². The van der Waals surface area contributed by atoms with Crippen LogP contribution in [0.15, 0.2) is 30.5 Å². The van der Waals surface area contributed by atoms with Gasteiger partial charge in [0.2, 0.25) is 5.88 Å². The Morgan fingerprint density at radius 1 is 1.15 bits per heavy atom. The van der Waals surface area contributed by atoms with Crippen molar-refractivity contribution in [3.63, 3.8) is 0 Å². The zero-order chi connectivity index (χ0) is 19.9. The molecule has 1 aromatic heterocycles. The number of anilines is 3. The summed E-state index contributed by atoms with van der Waals surface area (Å²) in [4.78, 5) is 16.7. The predicted octanol–water partition coefficient (Wildman–Crippen LogP) is 2.56. The molecule has 0 radical (unpaired) electrons. The number of nitrogens with one attached hydrogen (secondary N) is 1. The summed E-state index contributed by atoms with van der Waals surface area (Å²) in [6.07, 6.45) is 1.44. The standard InChI is InChI=1S/C18H22N4O4S/c1-11(2)26-17-7-6-13(10-19-17)18(23)20-14-9-16-15(8-12(14)3)21(4)27(24,25)22(16)5/h6-11H,1-5H3,(H,20,23). The minimum Gasteiger partial charge on any atom is -0.475 e. The van der Waals surface area contributed by atoms with E-state index in [1.165, 1.54) is 28.9 Å². The molecule has 0 aliphatic carbocycles. The molecule has 0 atom stereocenters. The maximum absolute atomic E-state index is 12.5. The third-order valence-electron chi connectivity index (χ3n) is 4.30. The lowest BCUT2D eigenvalue weighted by molar-refractivity contribution is 0.102. The van der Waals surface area contributed by atoms with E-state index < -0.39 is 10.2 Å². The molecule has 27 heavy (non-hydrogen) atoms. The molecule has 2 heterocycles. The third kappa shape index (κ3) is 3.42. The lowest BCUT2D eigenvalue weighted by Gasteiger charge is -2.13. The van der Waals surface area contributed by atoms with Crippen LogP contribution in [0.3, 0.4) is 0 Å². The van der Waals surface area contributed by atoms with Gasteiger partial charge in [-0.3, -0.25) is 13.4 Å². The highest BCUT2D eigenvalue weighted by Gasteiger charge is 2.36. The number of hydrogen-bond acceptors (Lipinski definition) is 5. The van der Waals surface area contributed by atoms with Gasteiger partial charge in [-0.25, -0.2) is 4.98 Å². The number of hydrogen-bond donors (Lipinski definition) is 1. The van der Waals surface area contributed by atoms with E-state index in [0.717, 1.165) is 5.56 Å². The van der Waals surface area contributed by atoms with Crippen molar-refractivity contribution in [2.75, 3.05) is 28.0 Å². The van der Waals surface area contributed by atoms with Gasteiger partial charge in [0.05, 0.1) is 23.0 Å². The molecule has 1 aromatic carbocycles. The Morgan fingerprint density at radius 3 is 2.33 bits per heavy atom. The number of nitrogens with zero attached hydrogens (tertiary/aromatic N) is 3. The van der Waals surface area contributed by atoms with Gasteiger partial charge in [-0.2, -0.15) is 8.42 Å². The largest absolute Gasteiger partial charge is 0.475 e. The lowest BCUT2D eigenvalue weighted by Crippen LogP contribution is -2.32. The van der Waals surface area contributed by atoms with Crippen molar-refractivity contribution in [2.24, 2.45) is 0 Å². The summed E-state index contributed by atoms with van der Waals surface area (Å²) < 4.78 is 32.4. The van der Waals surface area contributed by atoms with Gasteiger partial charge < -0.3 is 10.1 Å². The summed E-state index contributed by atoms with van der Waals surface area (Å²) in [6, 6.07) is 6.67. The lowest BCUT2D eigenvalue weighted by atomic mass is 10.1. The van der Waals surface area contributed by atoms with Crippen LogP contribution >= 0.6 is 0 Å². The van der Waals surface area contributed by atoms with E-state index in [0.29, 0.717) is 28.5 Å². The molecule has 0 spiro atoms. The first-order valence-corrected chi connectivity index (χ1v) is 9.82. The molecule has 0 fully saturated rings. The molecule has 0 saturated heterocycles. The predicted molar refractivity (Wildman–Crippen MR) is 105 cm³/mol. The van der Waals surface area contributed by atoms with Crippen molar-refractivity contribution in [1.29, 1.82) is 0 Å². The smallest absolute Gasteiger partial charge is 0.326 e. The molecule has 9 heteroatoms. The first kappa shape index (κ1) is 19.0. The van der Waals surface area contributed by atoms with Gasteiger partial charge in [0.25, 0.3) is 5.91 Å². The van der Waals surface area contributed by atoms with Crippen molar-refractivity contribution in [1.82, 2.24) is 4.98 Å². The molecule has 8 nitrogen and oxygen atoms in total. The fraction of sp³-hybridized carbons (Fsp3) is 0.333. The highest BCUT2D eigenvalue weighted by molar-refractivity contribution is 7.94. The number of pyridine rings is 1. The van der Waals surface area contributed by atoms with Crippen LogP contribution in [-0.2, 0) is 10.2 Å². The number of amides is 1. The third-order valence-corrected chi connectivity index (χ3v) is 6.07. The van der Waals surface area contributed by atoms with Crippen molar-refractivity contribution < 1.29 is 17.9 Å². The van der Waals surface area contributed by atoms with E-state index in [2.05, 4.69) is 10.3 Å². The molecule has 1 aliphatic rings. The molecular formula is C18H22N4O4S. The Morgan fingerprint density at radius 2 is 1.78 bits per heavy atom. The summed E-state index contributed by atoms with van der Waals surface area (Å²) >= 11 is 0. The van der Waals surface area contributed by atoms with Crippen LogP contribution in [0.5, 0.6) is 5.88 Å². The van der Waals surface area contributed by atoms with E-state index in [-0.39, 0.29) is 12.0 Å². The van der Waals surface area contributed by atoms with Gasteiger partial charge in [-0.15, -0.1) is 0 Å². The SMILES string of the molecule is Cc1cc2c(cc1NC(=O)c1ccc(OC(C)C)nc1)N(C)S(=O)(=O)N2C. The van der Waals surface area contributed by atoms with Crippen LogP contribution in [0.2, 0.25) is 0 Å². The summed E-state index contributed by atoms with van der Waals surface area (Å²) in [7, 11) is -0.578. The maximum atomic E-state index is 12.5. The second kappa shape index (κ2) is 6.73. The van der Waals surface area contributed by atoms with Gasteiger partial charge in [0.1, 0.15) is 0 Å². The van der Waals surface area contributed by atoms with E-state index in [1.54, 1.807) is 24.3 Å². The number of fused-ring (bicyclic) bond motifs is 1. The number of benzene rings is 1. The van der Waals surface area contributed by atoms with Crippen LogP contribution < -0.4 is 18.7 Å². The molecule has 1 N–H and O–H groups in total. The Balaban J connectivity index is 1.85. The summed E-state index contributed by atoms with van der Waals surface area (Å²) in [5, 5.41) is 2.82. The normalized spacial score (nSPS) is 15.0. The maximum Gasteiger partial charge on any atom is 0.326 e. The number of carbonyl (C=O) groups excluding carboxylic acids is 1. The molecule has 0 unspecified atom stereocenters. The average Bonchev–Trinajstić information content (AvgIpc) is 2.76. The minimum absolute atomic E-state index is 0.00219. The topological polar surface area (TPSA) is 91.8 Å². The van der Waals surface area contributed by atoms with Crippen LogP contribution in [0, 0.1) is 6.92 Å². The highest BCUT2D eigenvalue weighted by Crippen LogP contribution is 2.42. The number of carbonyl (C=O) groups is 1. The van der Waals surface area contributed by atoms with Gasteiger partial charge >= 0.3 is 10.2 Å². The zero-order valence-corrected chi connectivity index (χ0v) is 16.7. The average molecular weight is 390 g/mol. The monoisotopic (exact) mass is 390 g/mol. The molecule has 1 amide bonds. The van der Waals surface area contributed by atoms with Crippen LogP contribution in [0.25, 0.3) is 0 Å². The first-order valence-electron chi connectivity index (χ1n) is 8.42. The van der Waals surface area contributed by atoms with Crippen molar-refractivity contribution in [3.8, 4) is 5.88 Å².